The van der Waals surface area contributed by atoms with Crippen LogP contribution in [0.3, 0.4) is 0 Å². The molecule has 1 aromatic rings. The van der Waals surface area contributed by atoms with Crippen LogP contribution >= 0.6 is 0 Å². The molecule has 1 aliphatic rings. The minimum absolute atomic E-state index is 0.110. The summed E-state index contributed by atoms with van der Waals surface area (Å²) in [5, 5.41) is 9.84. The molecule has 2 nitrogen and oxygen atoms in total. The second kappa shape index (κ2) is 4.97. The van der Waals surface area contributed by atoms with Crippen LogP contribution in [0.1, 0.15) is 31.2 Å². The summed E-state index contributed by atoms with van der Waals surface area (Å²) in [6, 6.07) is 9.83. The highest BCUT2D eigenvalue weighted by Gasteiger charge is 2.18. The van der Waals surface area contributed by atoms with Crippen molar-refractivity contribution in [1.82, 2.24) is 0 Å². The van der Waals surface area contributed by atoms with E-state index in [1.54, 1.807) is 0 Å². The fourth-order valence-electron chi connectivity index (χ4n) is 2.04. The molecule has 0 saturated heterocycles. The summed E-state index contributed by atoms with van der Waals surface area (Å²) >= 11 is 0. The van der Waals surface area contributed by atoms with Gasteiger partial charge < -0.3 is 5.11 Å². The van der Waals surface area contributed by atoms with Gasteiger partial charge in [0.1, 0.15) is 0 Å². The molecular formula is C14H16O2. The molecule has 0 aromatic heterocycles. The molecule has 2 rings (SSSR count). The van der Waals surface area contributed by atoms with Crippen LogP contribution in [0.4, 0.5) is 0 Å². The second-order valence-electron chi connectivity index (χ2n) is 4.22. The van der Waals surface area contributed by atoms with Crippen molar-refractivity contribution < 1.29 is 9.90 Å². The molecule has 0 saturated carbocycles. The third-order valence-corrected chi connectivity index (χ3v) is 2.98. The largest absolute Gasteiger partial charge is 0.512 e. The summed E-state index contributed by atoms with van der Waals surface area (Å²) in [6.07, 6.45) is 3.59. The van der Waals surface area contributed by atoms with Crippen molar-refractivity contribution in [2.24, 2.45) is 0 Å². The number of allylic oxidation sites excluding steroid dienone is 2. The van der Waals surface area contributed by atoms with Crippen molar-refractivity contribution in [2.75, 3.05) is 0 Å². The summed E-state index contributed by atoms with van der Waals surface area (Å²) in [5.41, 5.74) is 1.70. The number of aliphatic hydroxyl groups is 1. The van der Waals surface area contributed by atoms with Crippen molar-refractivity contribution in [1.29, 1.82) is 0 Å². The second-order valence-corrected chi connectivity index (χ2v) is 4.22. The van der Waals surface area contributed by atoms with Crippen LogP contribution in [-0.4, -0.2) is 10.9 Å². The van der Waals surface area contributed by atoms with E-state index in [-0.39, 0.29) is 5.78 Å². The maximum absolute atomic E-state index is 11.8. The van der Waals surface area contributed by atoms with Gasteiger partial charge in [0.15, 0.2) is 5.78 Å². The zero-order valence-corrected chi connectivity index (χ0v) is 9.28. The summed E-state index contributed by atoms with van der Waals surface area (Å²) in [4.78, 5) is 11.8. The van der Waals surface area contributed by atoms with Crippen LogP contribution in [0, 0.1) is 0 Å². The highest BCUT2D eigenvalue weighted by Crippen LogP contribution is 2.22. The van der Waals surface area contributed by atoms with Crippen LogP contribution in [0.15, 0.2) is 41.7 Å². The first-order valence-corrected chi connectivity index (χ1v) is 5.75. The van der Waals surface area contributed by atoms with Gasteiger partial charge in [-0.05, 0) is 18.4 Å². The molecule has 0 unspecified atom stereocenters. The lowest BCUT2D eigenvalue weighted by atomic mass is 9.99. The number of hydrogen-bond acceptors (Lipinski definition) is 2. The number of hydrogen-bond donors (Lipinski definition) is 1. The normalized spacial score (nSPS) is 17.4. The Hall–Kier alpha value is -1.57. The number of benzene rings is 1. The first kappa shape index (κ1) is 10.9. The molecule has 0 fully saturated rings. The minimum atomic E-state index is 0.110. The van der Waals surface area contributed by atoms with E-state index in [4.69, 9.17) is 0 Å². The minimum Gasteiger partial charge on any atom is -0.512 e. The third kappa shape index (κ3) is 2.51. The number of aliphatic hydroxyl groups excluding tert-OH is 1. The fraction of sp³-hybridized carbons (Fsp3) is 0.357. The maximum Gasteiger partial charge on any atom is 0.162 e. The molecule has 84 valence electrons. The van der Waals surface area contributed by atoms with Gasteiger partial charge in [0.2, 0.25) is 0 Å². The maximum atomic E-state index is 11.8. The monoisotopic (exact) mass is 216 g/mol. The van der Waals surface area contributed by atoms with Gasteiger partial charge in [-0.2, -0.15) is 0 Å². The molecule has 2 heteroatoms. The Morgan fingerprint density at radius 2 is 1.75 bits per heavy atom. The number of carbonyl (C=O) groups is 1. The first-order valence-electron chi connectivity index (χ1n) is 5.75. The predicted octanol–water partition coefficient (Wildman–Crippen LogP) is 3.18. The van der Waals surface area contributed by atoms with E-state index in [1.807, 2.05) is 30.3 Å². The van der Waals surface area contributed by atoms with Gasteiger partial charge in [-0.1, -0.05) is 30.3 Å². The van der Waals surface area contributed by atoms with E-state index in [2.05, 4.69) is 0 Å². The first-order chi connectivity index (χ1) is 7.77. The molecule has 0 aliphatic heterocycles. The van der Waals surface area contributed by atoms with E-state index < -0.39 is 0 Å². The number of carbonyl (C=O) groups excluding carboxylic acids is 1. The molecule has 0 amide bonds. The molecule has 0 atom stereocenters. The van der Waals surface area contributed by atoms with Gasteiger partial charge >= 0.3 is 0 Å². The summed E-state index contributed by atoms with van der Waals surface area (Å²) < 4.78 is 0. The molecule has 0 heterocycles. The van der Waals surface area contributed by atoms with Crippen LogP contribution in [-0.2, 0) is 11.2 Å². The van der Waals surface area contributed by atoms with E-state index >= 15 is 0 Å². The van der Waals surface area contributed by atoms with E-state index in [0.717, 1.165) is 18.4 Å². The van der Waals surface area contributed by atoms with Crippen LogP contribution in [0.5, 0.6) is 0 Å². The van der Waals surface area contributed by atoms with Crippen LogP contribution in [0.2, 0.25) is 0 Å². The van der Waals surface area contributed by atoms with Gasteiger partial charge in [0.25, 0.3) is 0 Å². The number of ketones is 1. The topological polar surface area (TPSA) is 37.3 Å². The highest BCUT2D eigenvalue weighted by molar-refractivity contribution is 5.96. The van der Waals surface area contributed by atoms with E-state index in [0.29, 0.717) is 30.6 Å². The van der Waals surface area contributed by atoms with Gasteiger partial charge in [0, 0.05) is 24.8 Å². The highest BCUT2D eigenvalue weighted by atomic mass is 16.3. The summed E-state index contributed by atoms with van der Waals surface area (Å²) in [6.45, 7) is 0. The molecule has 0 spiro atoms. The molecule has 16 heavy (non-hydrogen) atoms. The van der Waals surface area contributed by atoms with Crippen molar-refractivity contribution >= 4 is 5.78 Å². The SMILES string of the molecule is O=C1CCCCC(O)=C1Cc1ccccc1. The number of rotatable bonds is 2. The average Bonchev–Trinajstić information content (AvgIpc) is 2.46. The van der Waals surface area contributed by atoms with Crippen LogP contribution in [0.25, 0.3) is 0 Å². The standard InChI is InChI=1S/C14H16O2/c15-13-8-4-5-9-14(16)12(13)10-11-6-2-1-3-7-11/h1-3,6-7,15H,4-5,8-10H2. The molecule has 1 aliphatic carbocycles. The third-order valence-electron chi connectivity index (χ3n) is 2.98. The Morgan fingerprint density at radius 1 is 1.06 bits per heavy atom. The predicted molar refractivity (Wildman–Crippen MR) is 63.3 cm³/mol. The zero-order chi connectivity index (χ0) is 11.4. The lowest BCUT2D eigenvalue weighted by Crippen LogP contribution is -2.06. The zero-order valence-electron chi connectivity index (χ0n) is 9.28. The average molecular weight is 216 g/mol. The lowest BCUT2D eigenvalue weighted by Gasteiger charge is -2.06. The van der Waals surface area contributed by atoms with Crippen molar-refractivity contribution in [3.05, 3.63) is 47.2 Å². The molecule has 1 aromatic carbocycles. The molecule has 0 bridgehead atoms. The Bertz CT molecular complexity index is 404. The molecule has 0 radical (unpaired) electrons. The lowest BCUT2D eigenvalue weighted by molar-refractivity contribution is -0.115. The van der Waals surface area contributed by atoms with Crippen molar-refractivity contribution in [3.8, 4) is 0 Å². The Kier molecular flexibility index (Phi) is 3.40. The van der Waals surface area contributed by atoms with Gasteiger partial charge in [-0.25, -0.2) is 0 Å². The van der Waals surface area contributed by atoms with Crippen molar-refractivity contribution in [2.45, 2.75) is 32.1 Å². The van der Waals surface area contributed by atoms with E-state index in [1.165, 1.54) is 0 Å². The summed E-state index contributed by atoms with van der Waals surface area (Å²) in [5.74, 6) is 0.408. The van der Waals surface area contributed by atoms with E-state index in [9.17, 15) is 9.90 Å². The Balaban J connectivity index is 2.21. The summed E-state index contributed by atoms with van der Waals surface area (Å²) in [7, 11) is 0. The smallest absolute Gasteiger partial charge is 0.162 e. The van der Waals surface area contributed by atoms with Gasteiger partial charge in [-0.3, -0.25) is 4.79 Å². The van der Waals surface area contributed by atoms with Crippen LogP contribution < -0.4 is 0 Å². The van der Waals surface area contributed by atoms with Gasteiger partial charge in [-0.15, -0.1) is 0 Å². The Labute approximate surface area is 95.6 Å². The number of Topliss-reactive ketones (excluding diaryl/α,β-unsaturated/α-hetero) is 1. The molecule has 1 N–H and O–H groups in total. The van der Waals surface area contributed by atoms with Crippen molar-refractivity contribution in [3.63, 3.8) is 0 Å². The fourth-order valence-corrected chi connectivity index (χ4v) is 2.04. The molecular weight excluding hydrogens is 200 g/mol. The quantitative estimate of drug-likeness (QED) is 0.824. The van der Waals surface area contributed by atoms with Gasteiger partial charge in [0.05, 0.1) is 5.76 Å². The Morgan fingerprint density at radius 3 is 2.50 bits per heavy atom.